The van der Waals surface area contributed by atoms with E-state index in [0.717, 1.165) is 17.1 Å². The van der Waals surface area contributed by atoms with Crippen LogP contribution in [-0.4, -0.2) is 0 Å². The third-order valence-electron chi connectivity index (χ3n) is 13.5. The van der Waals surface area contributed by atoms with Crippen molar-refractivity contribution in [2.75, 3.05) is 4.90 Å². The van der Waals surface area contributed by atoms with E-state index in [2.05, 4.69) is 231 Å². The highest BCUT2D eigenvalue weighted by Gasteiger charge is 2.52. The SMILES string of the molecule is CC1(C)c2ccccc2-c2ccc(N(c3ccccc3)c3ccccc3-c3cccc4c3-c3ccccc3C43c4ccccc4-c4c(-c5ccccc5)cccc43)cc21. The Morgan fingerprint density at radius 1 is 0.305 bits per heavy atom. The Kier molecular flexibility index (Phi) is 7.26. The van der Waals surface area contributed by atoms with Gasteiger partial charge in [0.05, 0.1) is 11.1 Å². The normalized spacial score (nSPS) is 15.8. The van der Waals surface area contributed by atoms with Crippen LogP contribution in [0.4, 0.5) is 17.1 Å². The summed E-state index contributed by atoms with van der Waals surface area (Å²) in [5.74, 6) is 0. The lowest BCUT2D eigenvalue weighted by atomic mass is 9.70. The first-order valence-electron chi connectivity index (χ1n) is 20.8. The summed E-state index contributed by atoms with van der Waals surface area (Å²) in [5, 5.41) is 0. The molecule has 0 aliphatic heterocycles. The summed E-state index contributed by atoms with van der Waals surface area (Å²) in [6.07, 6.45) is 0. The smallest absolute Gasteiger partial charge is 0.0725 e. The molecule has 0 aromatic heterocycles. The first-order valence-corrected chi connectivity index (χ1v) is 20.8. The molecule has 0 saturated heterocycles. The Bertz CT molecular complexity index is 3140. The van der Waals surface area contributed by atoms with Gasteiger partial charge in [0.2, 0.25) is 0 Å². The van der Waals surface area contributed by atoms with Crippen LogP contribution in [0.15, 0.2) is 212 Å². The summed E-state index contributed by atoms with van der Waals surface area (Å²) in [4.78, 5) is 2.47. The fourth-order valence-corrected chi connectivity index (χ4v) is 11.1. The largest absolute Gasteiger partial charge is 0.310 e. The topological polar surface area (TPSA) is 3.24 Å². The molecule has 12 rings (SSSR count). The quantitative estimate of drug-likeness (QED) is 0.169. The molecule has 59 heavy (non-hydrogen) atoms. The lowest BCUT2D eigenvalue weighted by Gasteiger charge is -2.31. The van der Waals surface area contributed by atoms with E-state index in [1.54, 1.807) is 0 Å². The molecule has 0 N–H and O–H groups in total. The van der Waals surface area contributed by atoms with E-state index in [-0.39, 0.29) is 5.41 Å². The van der Waals surface area contributed by atoms with Crippen LogP contribution < -0.4 is 4.90 Å². The molecule has 0 saturated carbocycles. The van der Waals surface area contributed by atoms with E-state index in [1.165, 1.54) is 89.0 Å². The Hall–Kier alpha value is -7.22. The number of benzene rings is 9. The van der Waals surface area contributed by atoms with Crippen LogP contribution in [0.5, 0.6) is 0 Å². The molecule has 1 atom stereocenters. The molecule has 9 aromatic carbocycles. The number of rotatable bonds is 5. The van der Waals surface area contributed by atoms with Crippen molar-refractivity contribution in [3.8, 4) is 55.6 Å². The Morgan fingerprint density at radius 2 is 0.780 bits per heavy atom. The van der Waals surface area contributed by atoms with Gasteiger partial charge in [0, 0.05) is 22.4 Å². The van der Waals surface area contributed by atoms with E-state index in [4.69, 9.17) is 0 Å². The van der Waals surface area contributed by atoms with E-state index < -0.39 is 5.41 Å². The van der Waals surface area contributed by atoms with E-state index in [0.29, 0.717) is 0 Å². The molecule has 3 aliphatic rings. The molecule has 0 amide bonds. The molecule has 9 aromatic rings. The number of hydrogen-bond donors (Lipinski definition) is 0. The van der Waals surface area contributed by atoms with Crippen molar-refractivity contribution in [3.05, 3.63) is 246 Å². The monoisotopic (exact) mass is 751 g/mol. The molecule has 1 spiro atoms. The zero-order chi connectivity index (χ0) is 39.3. The Balaban J connectivity index is 1.11. The van der Waals surface area contributed by atoms with Crippen LogP contribution in [-0.2, 0) is 10.8 Å². The van der Waals surface area contributed by atoms with Gasteiger partial charge >= 0.3 is 0 Å². The lowest BCUT2D eigenvalue weighted by Crippen LogP contribution is -2.25. The number of para-hydroxylation sites is 2. The lowest BCUT2D eigenvalue weighted by molar-refractivity contribution is 0.660. The van der Waals surface area contributed by atoms with Crippen molar-refractivity contribution >= 4 is 17.1 Å². The summed E-state index contributed by atoms with van der Waals surface area (Å²) >= 11 is 0. The highest BCUT2D eigenvalue weighted by atomic mass is 15.1. The van der Waals surface area contributed by atoms with Crippen molar-refractivity contribution in [1.29, 1.82) is 0 Å². The highest BCUT2D eigenvalue weighted by Crippen LogP contribution is 2.65. The van der Waals surface area contributed by atoms with Gasteiger partial charge in [-0.15, -0.1) is 0 Å². The van der Waals surface area contributed by atoms with Crippen LogP contribution in [0, 0.1) is 0 Å². The zero-order valence-corrected chi connectivity index (χ0v) is 33.2. The third-order valence-corrected chi connectivity index (χ3v) is 13.5. The number of hydrogen-bond acceptors (Lipinski definition) is 1. The van der Waals surface area contributed by atoms with Gasteiger partial charge in [0.15, 0.2) is 0 Å². The molecule has 1 nitrogen and oxygen atoms in total. The molecule has 0 bridgehead atoms. The maximum absolute atomic E-state index is 2.47. The van der Waals surface area contributed by atoms with Gasteiger partial charge < -0.3 is 4.90 Å². The van der Waals surface area contributed by atoms with Crippen LogP contribution in [0.2, 0.25) is 0 Å². The van der Waals surface area contributed by atoms with E-state index in [1.807, 2.05) is 0 Å². The van der Waals surface area contributed by atoms with Crippen molar-refractivity contribution < 1.29 is 0 Å². The highest BCUT2D eigenvalue weighted by molar-refractivity contribution is 6.04. The van der Waals surface area contributed by atoms with Gasteiger partial charge in [0.1, 0.15) is 0 Å². The average Bonchev–Trinajstić information content (AvgIpc) is 3.86. The maximum Gasteiger partial charge on any atom is 0.0725 e. The minimum Gasteiger partial charge on any atom is -0.310 e. The predicted molar refractivity (Wildman–Crippen MR) is 246 cm³/mol. The van der Waals surface area contributed by atoms with E-state index in [9.17, 15) is 0 Å². The molecular formula is C58H41N. The first kappa shape index (κ1) is 33.9. The molecule has 0 fully saturated rings. The second-order valence-electron chi connectivity index (χ2n) is 16.8. The maximum atomic E-state index is 2.47. The third kappa shape index (κ3) is 4.62. The summed E-state index contributed by atoms with van der Waals surface area (Å²) in [6.45, 7) is 4.73. The van der Waals surface area contributed by atoms with Crippen molar-refractivity contribution in [2.24, 2.45) is 0 Å². The zero-order valence-electron chi connectivity index (χ0n) is 33.2. The van der Waals surface area contributed by atoms with Gasteiger partial charge in [-0.25, -0.2) is 0 Å². The molecule has 0 heterocycles. The van der Waals surface area contributed by atoms with Gasteiger partial charge in [-0.2, -0.15) is 0 Å². The number of anilines is 3. The van der Waals surface area contributed by atoms with Gasteiger partial charge in [-0.1, -0.05) is 196 Å². The second-order valence-corrected chi connectivity index (χ2v) is 16.8. The minimum atomic E-state index is -0.465. The standard InChI is InChI=1S/C58H41N/c1-57(2)48-29-13-9-23-42(48)43-36-35-40(37-53(43)57)59(39-21-7-4-8-22-39)54-34-16-12-24-44(54)45-28-18-33-52-56(45)47-26-11-15-31-50(47)58(52)49-30-14-10-25-46(49)55-41(27-17-32-51(55)58)38-19-5-3-6-20-38/h3-37H,1-2H3. The van der Waals surface area contributed by atoms with Crippen LogP contribution in [0.25, 0.3) is 55.6 Å². The number of nitrogens with zero attached hydrogens (tertiary/aromatic N) is 1. The fourth-order valence-electron chi connectivity index (χ4n) is 11.1. The molecule has 1 unspecified atom stereocenters. The summed E-state index contributed by atoms with van der Waals surface area (Å²) in [5.41, 5.74) is 23.9. The van der Waals surface area contributed by atoms with Crippen LogP contribution in [0.1, 0.15) is 47.2 Å². The summed E-state index contributed by atoms with van der Waals surface area (Å²) < 4.78 is 0. The van der Waals surface area contributed by atoms with Crippen molar-refractivity contribution in [3.63, 3.8) is 0 Å². The van der Waals surface area contributed by atoms with Crippen LogP contribution >= 0.6 is 0 Å². The van der Waals surface area contributed by atoms with Gasteiger partial charge in [-0.3, -0.25) is 0 Å². The van der Waals surface area contributed by atoms with Crippen molar-refractivity contribution in [1.82, 2.24) is 0 Å². The molecular weight excluding hydrogens is 711 g/mol. The average molecular weight is 752 g/mol. The van der Waals surface area contributed by atoms with E-state index >= 15 is 0 Å². The molecule has 3 aliphatic carbocycles. The summed E-state index contributed by atoms with van der Waals surface area (Å²) in [7, 11) is 0. The molecule has 1 heteroatoms. The first-order chi connectivity index (χ1) is 29.1. The molecule has 278 valence electrons. The number of fused-ring (bicyclic) bond motifs is 13. The van der Waals surface area contributed by atoms with Crippen LogP contribution in [0.3, 0.4) is 0 Å². The predicted octanol–water partition coefficient (Wildman–Crippen LogP) is 15.1. The Morgan fingerprint density at radius 3 is 1.46 bits per heavy atom. The Labute approximate surface area is 346 Å². The van der Waals surface area contributed by atoms with Gasteiger partial charge in [0.25, 0.3) is 0 Å². The minimum absolute atomic E-state index is 0.115. The van der Waals surface area contributed by atoms with Gasteiger partial charge in [-0.05, 0) is 114 Å². The fraction of sp³-hybridized carbons (Fsp3) is 0.0690. The van der Waals surface area contributed by atoms with Crippen molar-refractivity contribution in [2.45, 2.75) is 24.7 Å². The molecule has 0 radical (unpaired) electrons. The second kappa shape index (κ2) is 12.6. The summed E-state index contributed by atoms with van der Waals surface area (Å²) in [6, 6.07) is 79.1.